The van der Waals surface area contributed by atoms with E-state index in [1.54, 1.807) is 0 Å². The van der Waals surface area contributed by atoms with Crippen molar-refractivity contribution in [2.24, 2.45) is 0 Å². The molecule has 2 N–H and O–H groups in total. The van der Waals surface area contributed by atoms with Crippen LogP contribution >= 0.6 is 0 Å². The fourth-order valence-electron chi connectivity index (χ4n) is 2.16. The average Bonchev–Trinajstić information content (AvgIpc) is 2.34. The molecule has 4 nitrogen and oxygen atoms in total. The minimum atomic E-state index is -0.501. The topological polar surface area (TPSA) is 50.7 Å². The van der Waals surface area contributed by atoms with Crippen LogP contribution in [0.15, 0.2) is 0 Å². The van der Waals surface area contributed by atoms with Gasteiger partial charge in [0, 0.05) is 12.6 Å². The van der Waals surface area contributed by atoms with E-state index in [2.05, 4.69) is 5.32 Å². The maximum Gasteiger partial charge on any atom is 0.101 e. The van der Waals surface area contributed by atoms with Gasteiger partial charge in [0.25, 0.3) is 0 Å². The van der Waals surface area contributed by atoms with Gasteiger partial charge in [0.2, 0.25) is 0 Å². The van der Waals surface area contributed by atoms with Crippen LogP contribution in [0.25, 0.3) is 0 Å². The molecule has 96 valence electrons. The third-order valence-corrected chi connectivity index (χ3v) is 3.09. The summed E-state index contributed by atoms with van der Waals surface area (Å²) in [4.78, 5) is 0. The zero-order valence-corrected chi connectivity index (χ0v) is 10.4. The van der Waals surface area contributed by atoms with Crippen LogP contribution in [0.1, 0.15) is 32.6 Å². The van der Waals surface area contributed by atoms with Gasteiger partial charge in [-0.1, -0.05) is 12.8 Å². The van der Waals surface area contributed by atoms with Gasteiger partial charge < -0.3 is 19.9 Å². The maximum atomic E-state index is 9.60. The van der Waals surface area contributed by atoms with Crippen molar-refractivity contribution in [3.8, 4) is 0 Å². The molecule has 0 bridgehead atoms. The van der Waals surface area contributed by atoms with Crippen LogP contribution in [-0.2, 0) is 9.47 Å². The first-order valence-corrected chi connectivity index (χ1v) is 6.32. The predicted octanol–water partition coefficient (Wildman–Crippen LogP) is 0.931. The molecule has 0 radical (unpaired) electrons. The fraction of sp³-hybridized carbons (Fsp3) is 1.00. The highest BCUT2D eigenvalue weighted by molar-refractivity contribution is 4.80. The van der Waals surface area contributed by atoms with Crippen molar-refractivity contribution in [3.05, 3.63) is 0 Å². The third-order valence-electron chi connectivity index (χ3n) is 3.09. The molecule has 4 heteroatoms. The minimum Gasteiger partial charge on any atom is -0.388 e. The van der Waals surface area contributed by atoms with Crippen LogP contribution in [0.3, 0.4) is 0 Å². The minimum absolute atomic E-state index is 0.245. The number of aliphatic hydroxyl groups is 1. The quantitative estimate of drug-likeness (QED) is 0.684. The lowest BCUT2D eigenvalue weighted by Gasteiger charge is -2.31. The van der Waals surface area contributed by atoms with Gasteiger partial charge in [0.05, 0.1) is 19.3 Å². The molecule has 3 unspecified atom stereocenters. The van der Waals surface area contributed by atoms with E-state index in [0.717, 1.165) is 6.42 Å². The smallest absolute Gasteiger partial charge is 0.101 e. The Labute approximate surface area is 98.3 Å². The summed E-state index contributed by atoms with van der Waals surface area (Å²) in [6.45, 7) is 3.31. The lowest BCUT2D eigenvalue weighted by molar-refractivity contribution is -0.0603. The van der Waals surface area contributed by atoms with E-state index in [9.17, 15) is 5.11 Å². The maximum absolute atomic E-state index is 9.60. The van der Waals surface area contributed by atoms with Crippen molar-refractivity contribution in [2.45, 2.75) is 50.9 Å². The van der Waals surface area contributed by atoms with Crippen molar-refractivity contribution in [2.75, 3.05) is 26.9 Å². The SMILES string of the molecule is CCOCC(O)COC1CCCCC1NC. The second kappa shape index (κ2) is 8.01. The van der Waals surface area contributed by atoms with E-state index in [1.807, 2.05) is 14.0 Å². The van der Waals surface area contributed by atoms with Gasteiger partial charge >= 0.3 is 0 Å². The molecule has 1 aliphatic rings. The monoisotopic (exact) mass is 231 g/mol. The van der Waals surface area contributed by atoms with Crippen LogP contribution in [0.5, 0.6) is 0 Å². The number of rotatable bonds is 7. The van der Waals surface area contributed by atoms with Gasteiger partial charge in [-0.2, -0.15) is 0 Å². The predicted molar refractivity (Wildman–Crippen MR) is 63.6 cm³/mol. The van der Waals surface area contributed by atoms with Crippen molar-refractivity contribution in [1.29, 1.82) is 0 Å². The molecule has 1 aliphatic carbocycles. The molecule has 3 atom stereocenters. The molecule has 0 saturated heterocycles. The second-order valence-corrected chi connectivity index (χ2v) is 4.36. The van der Waals surface area contributed by atoms with E-state index in [-0.39, 0.29) is 6.10 Å². The number of hydrogen-bond acceptors (Lipinski definition) is 4. The molecule has 0 amide bonds. The Morgan fingerprint density at radius 3 is 2.75 bits per heavy atom. The Balaban J connectivity index is 2.18. The van der Waals surface area contributed by atoms with Gasteiger partial charge in [0.15, 0.2) is 0 Å². The standard InChI is InChI=1S/C12H25NO3/c1-3-15-8-10(14)9-16-12-7-5-4-6-11(12)13-2/h10-14H,3-9H2,1-2H3. The number of likely N-dealkylation sites (N-methyl/N-ethyl adjacent to an activating group) is 1. The molecular formula is C12H25NO3. The van der Waals surface area contributed by atoms with Crippen LogP contribution in [0.2, 0.25) is 0 Å². The number of hydrogen-bond donors (Lipinski definition) is 2. The summed E-state index contributed by atoms with van der Waals surface area (Å²) in [7, 11) is 1.98. The Morgan fingerprint density at radius 2 is 2.06 bits per heavy atom. The molecule has 0 aromatic rings. The third kappa shape index (κ3) is 4.78. The summed E-state index contributed by atoms with van der Waals surface area (Å²) in [6, 6.07) is 0.438. The normalized spacial score (nSPS) is 27.9. The summed E-state index contributed by atoms with van der Waals surface area (Å²) in [5.41, 5.74) is 0. The molecule has 0 heterocycles. The summed E-state index contributed by atoms with van der Waals surface area (Å²) in [5, 5.41) is 12.9. The van der Waals surface area contributed by atoms with Crippen molar-refractivity contribution in [1.82, 2.24) is 5.32 Å². The van der Waals surface area contributed by atoms with Crippen molar-refractivity contribution < 1.29 is 14.6 Å². The summed E-state index contributed by atoms with van der Waals surface area (Å²) >= 11 is 0. The molecule has 0 aliphatic heterocycles. The highest BCUT2D eigenvalue weighted by Gasteiger charge is 2.24. The fourth-order valence-corrected chi connectivity index (χ4v) is 2.16. The molecular weight excluding hydrogens is 206 g/mol. The summed E-state index contributed by atoms with van der Waals surface area (Å²) in [6.07, 6.45) is 4.50. The molecule has 1 fully saturated rings. The van der Waals surface area contributed by atoms with Crippen LogP contribution in [0.4, 0.5) is 0 Å². The van der Waals surface area contributed by atoms with E-state index < -0.39 is 6.10 Å². The van der Waals surface area contributed by atoms with Gasteiger partial charge in [-0.25, -0.2) is 0 Å². The Hall–Kier alpha value is -0.160. The first-order valence-electron chi connectivity index (χ1n) is 6.32. The molecule has 1 rings (SSSR count). The van der Waals surface area contributed by atoms with Gasteiger partial charge in [-0.05, 0) is 26.8 Å². The molecule has 16 heavy (non-hydrogen) atoms. The number of aliphatic hydroxyl groups excluding tert-OH is 1. The van der Waals surface area contributed by atoms with Crippen LogP contribution < -0.4 is 5.32 Å². The van der Waals surface area contributed by atoms with Crippen LogP contribution in [0, 0.1) is 0 Å². The lowest BCUT2D eigenvalue weighted by atomic mass is 9.92. The highest BCUT2D eigenvalue weighted by Crippen LogP contribution is 2.21. The van der Waals surface area contributed by atoms with E-state index in [1.165, 1.54) is 19.3 Å². The van der Waals surface area contributed by atoms with Crippen molar-refractivity contribution >= 4 is 0 Å². The Bertz CT molecular complexity index is 178. The summed E-state index contributed by atoms with van der Waals surface area (Å²) in [5.74, 6) is 0. The van der Waals surface area contributed by atoms with E-state index in [4.69, 9.17) is 9.47 Å². The van der Waals surface area contributed by atoms with Crippen molar-refractivity contribution in [3.63, 3.8) is 0 Å². The van der Waals surface area contributed by atoms with Crippen LogP contribution in [-0.4, -0.2) is 50.2 Å². The Morgan fingerprint density at radius 1 is 1.31 bits per heavy atom. The molecule has 0 aromatic carbocycles. The molecule has 0 spiro atoms. The van der Waals surface area contributed by atoms with Gasteiger partial charge in [-0.15, -0.1) is 0 Å². The second-order valence-electron chi connectivity index (χ2n) is 4.36. The Kier molecular flexibility index (Phi) is 6.96. The van der Waals surface area contributed by atoms with Gasteiger partial charge in [-0.3, -0.25) is 0 Å². The van der Waals surface area contributed by atoms with E-state index >= 15 is 0 Å². The zero-order valence-electron chi connectivity index (χ0n) is 10.4. The van der Waals surface area contributed by atoms with Gasteiger partial charge in [0.1, 0.15) is 6.10 Å². The zero-order chi connectivity index (χ0) is 11.8. The number of nitrogens with one attached hydrogen (secondary N) is 1. The first-order chi connectivity index (χ1) is 7.77. The molecule has 0 aromatic heterocycles. The molecule has 1 saturated carbocycles. The lowest BCUT2D eigenvalue weighted by Crippen LogP contribution is -2.43. The van der Waals surface area contributed by atoms with E-state index in [0.29, 0.717) is 25.9 Å². The first kappa shape index (κ1) is 13.9. The number of ether oxygens (including phenoxy) is 2. The average molecular weight is 231 g/mol. The highest BCUT2D eigenvalue weighted by atomic mass is 16.5. The largest absolute Gasteiger partial charge is 0.388 e. The summed E-state index contributed by atoms with van der Waals surface area (Å²) < 4.78 is 10.9.